The maximum Gasteiger partial charge on any atom is 0.140 e. The quantitative estimate of drug-likeness (QED) is 0.379. The van der Waals surface area contributed by atoms with Crippen LogP contribution >= 0.6 is 15.9 Å². The highest BCUT2D eigenvalue weighted by atomic mass is 79.9. The Bertz CT molecular complexity index is 895. The van der Waals surface area contributed by atoms with Crippen LogP contribution in [0.2, 0.25) is 0 Å². The van der Waals surface area contributed by atoms with Gasteiger partial charge in [-0.2, -0.15) is 0 Å². The van der Waals surface area contributed by atoms with Gasteiger partial charge < -0.3 is 20.2 Å². The van der Waals surface area contributed by atoms with Gasteiger partial charge in [0.05, 0.1) is 0 Å². The average Bonchev–Trinajstić information content (AvgIpc) is 3.05. The van der Waals surface area contributed by atoms with Crippen molar-refractivity contribution in [3.63, 3.8) is 0 Å². The SMILES string of the molecule is Oc1c[nH]c2ccc(Br)cc12.Oc1c[nH]c2ccccc12. The molecule has 0 aliphatic rings. The Morgan fingerprint density at radius 1 is 0.762 bits per heavy atom. The number of fused-ring (bicyclic) bond motifs is 2. The van der Waals surface area contributed by atoms with Crippen molar-refractivity contribution in [3.8, 4) is 11.5 Å². The molecular formula is C16H13BrN2O2. The molecule has 0 saturated carbocycles. The van der Waals surface area contributed by atoms with Crippen LogP contribution in [0.15, 0.2) is 59.3 Å². The molecule has 5 heteroatoms. The van der Waals surface area contributed by atoms with Crippen molar-refractivity contribution in [1.82, 2.24) is 9.97 Å². The van der Waals surface area contributed by atoms with Crippen LogP contribution in [-0.4, -0.2) is 20.2 Å². The van der Waals surface area contributed by atoms with Gasteiger partial charge in [-0.05, 0) is 30.3 Å². The van der Waals surface area contributed by atoms with Crippen LogP contribution < -0.4 is 0 Å². The third-order valence-electron chi connectivity index (χ3n) is 3.19. The monoisotopic (exact) mass is 344 g/mol. The zero-order valence-electron chi connectivity index (χ0n) is 11.0. The standard InChI is InChI=1S/C8H6BrNO.C8H7NO/c9-5-1-2-7-6(3-5)8(11)4-10-7;10-8-5-9-7-4-2-1-3-6(7)8/h1-4,10-11H;1-5,9-10H. The number of aromatic hydroxyl groups is 2. The van der Waals surface area contributed by atoms with Crippen LogP contribution in [0.5, 0.6) is 11.5 Å². The largest absolute Gasteiger partial charge is 0.506 e. The molecule has 4 N–H and O–H groups in total. The topological polar surface area (TPSA) is 72.0 Å². The molecule has 4 rings (SSSR count). The summed E-state index contributed by atoms with van der Waals surface area (Å²) in [6, 6.07) is 13.4. The molecule has 0 aliphatic carbocycles. The summed E-state index contributed by atoms with van der Waals surface area (Å²) >= 11 is 3.33. The van der Waals surface area contributed by atoms with E-state index in [-0.39, 0.29) is 0 Å². The lowest BCUT2D eigenvalue weighted by Crippen LogP contribution is -1.66. The van der Waals surface area contributed by atoms with Crippen molar-refractivity contribution in [2.45, 2.75) is 0 Å². The lowest BCUT2D eigenvalue weighted by Gasteiger charge is -1.90. The third-order valence-corrected chi connectivity index (χ3v) is 3.68. The number of hydrogen-bond donors (Lipinski definition) is 4. The first-order valence-corrected chi connectivity index (χ1v) is 7.15. The molecule has 0 aliphatic heterocycles. The molecule has 0 amide bonds. The van der Waals surface area contributed by atoms with Gasteiger partial charge in [0.25, 0.3) is 0 Å². The minimum Gasteiger partial charge on any atom is -0.506 e. The van der Waals surface area contributed by atoms with Crippen LogP contribution in [0.3, 0.4) is 0 Å². The van der Waals surface area contributed by atoms with Gasteiger partial charge in [0.2, 0.25) is 0 Å². The van der Waals surface area contributed by atoms with Gasteiger partial charge in [0, 0.05) is 38.7 Å². The second-order valence-electron chi connectivity index (χ2n) is 4.58. The zero-order chi connectivity index (χ0) is 14.8. The van der Waals surface area contributed by atoms with E-state index in [4.69, 9.17) is 0 Å². The number of aromatic amines is 2. The molecule has 21 heavy (non-hydrogen) atoms. The summed E-state index contributed by atoms with van der Waals surface area (Å²) in [5.74, 6) is 0.608. The Morgan fingerprint density at radius 2 is 1.38 bits per heavy atom. The molecule has 0 spiro atoms. The smallest absolute Gasteiger partial charge is 0.140 e. The van der Waals surface area contributed by atoms with Gasteiger partial charge in [-0.3, -0.25) is 0 Å². The van der Waals surface area contributed by atoms with E-state index in [1.54, 1.807) is 12.4 Å². The summed E-state index contributed by atoms with van der Waals surface area (Å²) < 4.78 is 0.972. The van der Waals surface area contributed by atoms with Gasteiger partial charge in [-0.15, -0.1) is 0 Å². The van der Waals surface area contributed by atoms with Crippen molar-refractivity contribution in [2.75, 3.05) is 0 Å². The van der Waals surface area contributed by atoms with Crippen molar-refractivity contribution in [2.24, 2.45) is 0 Å². The Balaban J connectivity index is 0.000000126. The predicted octanol–water partition coefficient (Wildman–Crippen LogP) is 4.51. The maximum atomic E-state index is 9.28. The predicted molar refractivity (Wildman–Crippen MR) is 87.6 cm³/mol. The molecule has 0 unspecified atom stereocenters. The van der Waals surface area contributed by atoms with Crippen LogP contribution in [0.25, 0.3) is 21.8 Å². The molecule has 0 radical (unpaired) electrons. The summed E-state index contributed by atoms with van der Waals surface area (Å²) in [5.41, 5.74) is 1.92. The van der Waals surface area contributed by atoms with Crippen LogP contribution in [0.1, 0.15) is 0 Å². The zero-order valence-corrected chi connectivity index (χ0v) is 12.6. The first-order chi connectivity index (χ1) is 10.1. The maximum absolute atomic E-state index is 9.28. The van der Waals surface area contributed by atoms with Gasteiger partial charge in [-0.25, -0.2) is 0 Å². The van der Waals surface area contributed by atoms with Crippen molar-refractivity contribution < 1.29 is 10.2 Å². The second kappa shape index (κ2) is 5.54. The summed E-state index contributed by atoms with van der Waals surface area (Å²) in [5, 5.41) is 20.2. The van der Waals surface area contributed by atoms with E-state index in [0.717, 1.165) is 26.3 Å². The summed E-state index contributed by atoms with van der Waals surface area (Å²) in [6.45, 7) is 0. The molecule has 4 nitrogen and oxygen atoms in total. The van der Waals surface area contributed by atoms with E-state index in [1.165, 1.54) is 0 Å². The normalized spacial score (nSPS) is 10.5. The first kappa shape index (κ1) is 13.6. The fraction of sp³-hybridized carbons (Fsp3) is 0. The summed E-state index contributed by atoms with van der Waals surface area (Å²) in [6.07, 6.45) is 3.17. The molecule has 2 heterocycles. The van der Waals surface area contributed by atoms with Crippen LogP contribution in [0, 0.1) is 0 Å². The molecule has 2 aromatic heterocycles. The fourth-order valence-corrected chi connectivity index (χ4v) is 2.50. The van der Waals surface area contributed by atoms with E-state index < -0.39 is 0 Å². The first-order valence-electron chi connectivity index (χ1n) is 6.36. The molecule has 4 aromatic rings. The van der Waals surface area contributed by atoms with Gasteiger partial charge in [0.1, 0.15) is 11.5 Å². The summed E-state index contributed by atoms with van der Waals surface area (Å²) in [4.78, 5) is 5.88. The Hall–Kier alpha value is -2.40. The van der Waals surface area contributed by atoms with E-state index in [2.05, 4.69) is 25.9 Å². The van der Waals surface area contributed by atoms with Gasteiger partial charge in [-0.1, -0.05) is 28.1 Å². The number of benzene rings is 2. The minimum atomic E-state index is 0.293. The van der Waals surface area contributed by atoms with Crippen molar-refractivity contribution in [3.05, 3.63) is 59.3 Å². The number of H-pyrrole nitrogens is 2. The highest BCUT2D eigenvalue weighted by Gasteiger charge is 2.00. The highest BCUT2D eigenvalue weighted by Crippen LogP contribution is 2.26. The number of para-hydroxylation sites is 1. The van der Waals surface area contributed by atoms with E-state index in [1.807, 2.05) is 42.5 Å². The second-order valence-corrected chi connectivity index (χ2v) is 5.50. The molecule has 2 aromatic carbocycles. The molecule has 106 valence electrons. The number of rotatable bonds is 0. The number of hydrogen-bond acceptors (Lipinski definition) is 2. The molecular weight excluding hydrogens is 332 g/mol. The lowest BCUT2D eigenvalue weighted by molar-refractivity contribution is 0.481. The van der Waals surface area contributed by atoms with E-state index in [0.29, 0.717) is 11.5 Å². The molecule has 0 saturated heterocycles. The lowest BCUT2D eigenvalue weighted by atomic mass is 10.2. The average molecular weight is 345 g/mol. The molecule has 0 fully saturated rings. The van der Waals surface area contributed by atoms with E-state index in [9.17, 15) is 10.2 Å². The number of halogens is 1. The highest BCUT2D eigenvalue weighted by molar-refractivity contribution is 9.10. The van der Waals surface area contributed by atoms with Crippen molar-refractivity contribution >= 4 is 37.7 Å². The van der Waals surface area contributed by atoms with Crippen LogP contribution in [0.4, 0.5) is 0 Å². The molecule has 0 bridgehead atoms. The Kier molecular flexibility index (Phi) is 3.58. The number of nitrogens with one attached hydrogen (secondary N) is 2. The van der Waals surface area contributed by atoms with Gasteiger partial charge >= 0.3 is 0 Å². The minimum absolute atomic E-state index is 0.293. The molecule has 0 atom stereocenters. The van der Waals surface area contributed by atoms with Gasteiger partial charge in [0.15, 0.2) is 0 Å². The van der Waals surface area contributed by atoms with E-state index >= 15 is 0 Å². The van der Waals surface area contributed by atoms with Crippen LogP contribution in [-0.2, 0) is 0 Å². The third kappa shape index (κ3) is 2.73. The Labute approximate surface area is 129 Å². The van der Waals surface area contributed by atoms with Crippen molar-refractivity contribution in [1.29, 1.82) is 0 Å². The fourth-order valence-electron chi connectivity index (χ4n) is 2.13. The Morgan fingerprint density at radius 3 is 2.10 bits per heavy atom. The number of aromatic nitrogens is 2. The summed E-state index contributed by atoms with van der Waals surface area (Å²) in [7, 11) is 0.